The molecule has 0 aromatic heterocycles. The first-order valence-electron chi connectivity index (χ1n) is 8.72. The van der Waals surface area contributed by atoms with Crippen LogP contribution in [0.25, 0.3) is 5.57 Å². The molecule has 1 N–H and O–H groups in total. The molecule has 146 valence electrons. The Hall–Kier alpha value is -2.39. The molecule has 0 spiro atoms. The minimum atomic E-state index is -3.15. The number of nitrogens with one attached hydrogen (secondary N) is 1. The zero-order chi connectivity index (χ0) is 19.6. The summed E-state index contributed by atoms with van der Waals surface area (Å²) in [6.45, 7) is 3.83. The van der Waals surface area contributed by atoms with Gasteiger partial charge in [-0.3, -0.25) is 4.79 Å². The van der Waals surface area contributed by atoms with Gasteiger partial charge in [0, 0.05) is 38.8 Å². The molecule has 1 aromatic carbocycles. The van der Waals surface area contributed by atoms with E-state index in [0.29, 0.717) is 31.8 Å². The van der Waals surface area contributed by atoms with Crippen LogP contribution in [-0.2, 0) is 24.3 Å². The van der Waals surface area contributed by atoms with E-state index in [1.807, 2.05) is 24.3 Å². The van der Waals surface area contributed by atoms with Crippen LogP contribution in [0.2, 0.25) is 0 Å². The van der Waals surface area contributed by atoms with Gasteiger partial charge in [0.25, 0.3) is 0 Å². The van der Waals surface area contributed by atoms with Crippen molar-refractivity contribution in [2.45, 2.75) is 13.0 Å². The van der Waals surface area contributed by atoms with Gasteiger partial charge < -0.3 is 15.0 Å². The minimum Gasteiger partial charge on any atom is -0.453 e. The molecule has 1 amide bonds. The van der Waals surface area contributed by atoms with Gasteiger partial charge in [-0.2, -0.15) is 4.31 Å². The van der Waals surface area contributed by atoms with Gasteiger partial charge in [-0.25, -0.2) is 13.2 Å². The van der Waals surface area contributed by atoms with Gasteiger partial charge in [-0.1, -0.05) is 12.1 Å². The number of benzene rings is 1. The Morgan fingerprint density at radius 1 is 1.19 bits per heavy atom. The van der Waals surface area contributed by atoms with Crippen LogP contribution in [0.5, 0.6) is 0 Å². The highest BCUT2D eigenvalue weighted by Crippen LogP contribution is 2.26. The summed E-state index contributed by atoms with van der Waals surface area (Å²) in [6, 6.07) is 7.54. The van der Waals surface area contributed by atoms with E-state index in [-0.39, 0.29) is 12.5 Å². The number of esters is 1. The molecule has 9 heteroatoms. The smallest absolute Gasteiger partial charge is 0.339 e. The molecule has 3 rings (SSSR count). The highest BCUT2D eigenvalue weighted by Gasteiger charge is 2.27. The van der Waals surface area contributed by atoms with Crippen molar-refractivity contribution in [3.8, 4) is 0 Å². The van der Waals surface area contributed by atoms with Gasteiger partial charge in [0.2, 0.25) is 15.9 Å². The molecular weight excluding hydrogens is 370 g/mol. The molecule has 0 radical (unpaired) electrons. The average Bonchev–Trinajstić information content (AvgIpc) is 3.00. The fourth-order valence-electron chi connectivity index (χ4n) is 3.18. The van der Waals surface area contributed by atoms with E-state index in [1.54, 1.807) is 6.08 Å². The van der Waals surface area contributed by atoms with E-state index in [0.717, 1.165) is 11.3 Å². The third-order valence-electron chi connectivity index (χ3n) is 4.63. The lowest BCUT2D eigenvalue weighted by atomic mass is 10.0. The molecule has 2 heterocycles. The van der Waals surface area contributed by atoms with Crippen molar-refractivity contribution in [2.24, 2.45) is 0 Å². The van der Waals surface area contributed by atoms with Crippen LogP contribution < -0.4 is 10.2 Å². The first-order chi connectivity index (χ1) is 12.7. The van der Waals surface area contributed by atoms with E-state index >= 15 is 0 Å². The lowest BCUT2D eigenvalue weighted by Crippen LogP contribution is -2.48. The maximum Gasteiger partial charge on any atom is 0.339 e. The summed E-state index contributed by atoms with van der Waals surface area (Å²) in [5.74, 6) is -0.576. The highest BCUT2D eigenvalue weighted by molar-refractivity contribution is 7.88. The van der Waals surface area contributed by atoms with Crippen LogP contribution in [-0.4, -0.2) is 69.7 Å². The molecule has 1 saturated heterocycles. The zero-order valence-corrected chi connectivity index (χ0v) is 16.2. The fourth-order valence-corrected chi connectivity index (χ4v) is 4.00. The second-order valence-electron chi connectivity index (χ2n) is 6.66. The van der Waals surface area contributed by atoms with Crippen molar-refractivity contribution in [1.29, 1.82) is 0 Å². The summed E-state index contributed by atoms with van der Waals surface area (Å²) < 4.78 is 29.9. The second kappa shape index (κ2) is 7.69. The molecule has 0 unspecified atom stereocenters. The first-order valence-corrected chi connectivity index (χ1v) is 10.6. The summed E-state index contributed by atoms with van der Waals surface area (Å²) in [4.78, 5) is 25.2. The largest absolute Gasteiger partial charge is 0.453 e. The van der Waals surface area contributed by atoms with E-state index in [9.17, 15) is 18.0 Å². The molecule has 0 bridgehead atoms. The van der Waals surface area contributed by atoms with E-state index in [2.05, 4.69) is 10.2 Å². The quantitative estimate of drug-likeness (QED) is 0.719. The summed E-state index contributed by atoms with van der Waals surface area (Å²) in [5, 5.41) is 2.63. The van der Waals surface area contributed by atoms with Gasteiger partial charge in [0.1, 0.15) is 6.10 Å². The number of sulfonamides is 1. The Labute approximate surface area is 158 Å². The van der Waals surface area contributed by atoms with Crippen molar-refractivity contribution < 1.29 is 22.7 Å². The SMILES string of the molecule is CC(=O)NC[C@H]1C=C(c2ccc(N3CCN(S(C)(=O)=O)CC3)cc2)C(=O)O1. The third-order valence-corrected chi connectivity index (χ3v) is 5.94. The first kappa shape index (κ1) is 19.4. The Balaban J connectivity index is 1.65. The number of hydrogen-bond acceptors (Lipinski definition) is 6. The molecule has 1 atom stereocenters. The molecule has 1 aromatic rings. The summed E-state index contributed by atoms with van der Waals surface area (Å²) >= 11 is 0. The maximum atomic E-state index is 12.1. The van der Waals surface area contributed by atoms with E-state index in [1.165, 1.54) is 17.5 Å². The molecule has 2 aliphatic rings. The van der Waals surface area contributed by atoms with Crippen LogP contribution in [0.3, 0.4) is 0 Å². The predicted molar refractivity (Wildman–Crippen MR) is 102 cm³/mol. The van der Waals surface area contributed by atoms with Gasteiger partial charge in [-0.15, -0.1) is 0 Å². The topological polar surface area (TPSA) is 96.0 Å². The lowest BCUT2D eigenvalue weighted by molar-refractivity contribution is -0.138. The van der Waals surface area contributed by atoms with Gasteiger partial charge in [0.15, 0.2) is 0 Å². The van der Waals surface area contributed by atoms with Crippen molar-refractivity contribution in [2.75, 3.05) is 43.9 Å². The number of hydrogen-bond donors (Lipinski definition) is 1. The number of ether oxygens (including phenoxy) is 1. The Morgan fingerprint density at radius 2 is 1.81 bits per heavy atom. The zero-order valence-electron chi connectivity index (χ0n) is 15.3. The Morgan fingerprint density at radius 3 is 2.37 bits per heavy atom. The highest BCUT2D eigenvalue weighted by atomic mass is 32.2. The second-order valence-corrected chi connectivity index (χ2v) is 8.64. The number of rotatable bonds is 5. The van der Waals surface area contributed by atoms with Crippen molar-refractivity contribution in [3.63, 3.8) is 0 Å². The van der Waals surface area contributed by atoms with Crippen LogP contribution >= 0.6 is 0 Å². The summed E-state index contributed by atoms with van der Waals surface area (Å²) in [7, 11) is -3.15. The Bertz CT molecular complexity index is 855. The fraction of sp³-hybridized carbons (Fsp3) is 0.444. The van der Waals surface area contributed by atoms with Crippen molar-refractivity contribution in [1.82, 2.24) is 9.62 Å². The molecular formula is C18H23N3O5S. The summed E-state index contributed by atoms with van der Waals surface area (Å²) in [6.07, 6.45) is 2.49. The van der Waals surface area contributed by atoms with Crippen molar-refractivity contribution >= 4 is 33.2 Å². The third kappa shape index (κ3) is 4.67. The average molecular weight is 393 g/mol. The number of piperazine rings is 1. The van der Waals surface area contributed by atoms with E-state index in [4.69, 9.17) is 4.74 Å². The number of cyclic esters (lactones) is 1. The standard InChI is InChI=1S/C18H23N3O5S/c1-13(22)19-12-16-11-17(18(23)26-16)14-3-5-15(6-4-14)20-7-9-21(10-8-20)27(2,24)25/h3-6,11,16H,7-10,12H2,1-2H3,(H,19,22)/t16-/m1/s1. The minimum absolute atomic E-state index is 0.173. The molecule has 0 saturated carbocycles. The van der Waals surface area contributed by atoms with Crippen LogP contribution in [0.1, 0.15) is 12.5 Å². The van der Waals surface area contributed by atoms with Crippen LogP contribution in [0.15, 0.2) is 30.3 Å². The normalized spacial score (nSPS) is 21.0. The lowest BCUT2D eigenvalue weighted by Gasteiger charge is -2.34. The molecule has 0 aliphatic carbocycles. The monoisotopic (exact) mass is 393 g/mol. The van der Waals surface area contributed by atoms with Gasteiger partial charge in [-0.05, 0) is 23.8 Å². The molecule has 2 aliphatic heterocycles. The van der Waals surface area contributed by atoms with Gasteiger partial charge in [0.05, 0.1) is 18.4 Å². The maximum absolute atomic E-state index is 12.1. The number of carbonyl (C=O) groups excluding carboxylic acids is 2. The number of anilines is 1. The van der Waals surface area contributed by atoms with Crippen LogP contribution in [0.4, 0.5) is 5.69 Å². The Kier molecular flexibility index (Phi) is 5.52. The predicted octanol–water partition coefficient (Wildman–Crippen LogP) is 0.213. The molecule has 8 nitrogen and oxygen atoms in total. The number of carbonyl (C=O) groups is 2. The molecule has 27 heavy (non-hydrogen) atoms. The molecule has 1 fully saturated rings. The summed E-state index contributed by atoms with van der Waals surface area (Å²) in [5.41, 5.74) is 2.22. The number of nitrogens with zero attached hydrogens (tertiary/aromatic N) is 2. The van der Waals surface area contributed by atoms with Gasteiger partial charge >= 0.3 is 5.97 Å². The van der Waals surface area contributed by atoms with E-state index < -0.39 is 22.1 Å². The van der Waals surface area contributed by atoms with Crippen molar-refractivity contribution in [3.05, 3.63) is 35.9 Å². The number of amides is 1. The van der Waals surface area contributed by atoms with Crippen LogP contribution in [0, 0.1) is 0 Å².